The molecule has 8 heteroatoms. The number of rotatable bonds is 5. The van der Waals surface area contributed by atoms with E-state index < -0.39 is 21.2 Å². The lowest BCUT2D eigenvalue weighted by molar-refractivity contribution is -0.392. The first kappa shape index (κ1) is 16.9. The number of hydrogen-bond donors (Lipinski definition) is 1. The summed E-state index contributed by atoms with van der Waals surface area (Å²) >= 11 is 0. The quantitative estimate of drug-likeness (QED) is 0.647. The van der Waals surface area contributed by atoms with Gasteiger partial charge in [0.2, 0.25) is 0 Å². The molecule has 0 radical (unpaired) electrons. The normalized spacial score (nSPS) is 10.2. The summed E-state index contributed by atoms with van der Waals surface area (Å²) in [4.78, 5) is 21.1. The zero-order valence-corrected chi connectivity index (χ0v) is 13.0. The summed E-state index contributed by atoms with van der Waals surface area (Å²) in [7, 11) is 0. The predicted octanol–water partition coefficient (Wildman–Crippen LogP) is 4.24. The molecule has 0 amide bonds. The summed E-state index contributed by atoms with van der Waals surface area (Å²) in [6.45, 7) is 3.89. The number of benzene rings is 2. The lowest BCUT2D eigenvalue weighted by Gasteiger charge is -2.14. The highest BCUT2D eigenvalue weighted by Gasteiger charge is 2.27. The SMILES string of the molecule is CC(C)c1ccccc1Nc1c([N+](=O)[O-])cc(C#N)cc1[N+](=O)[O-]. The Kier molecular flexibility index (Phi) is 4.75. The van der Waals surface area contributed by atoms with Gasteiger partial charge in [0.25, 0.3) is 0 Å². The summed E-state index contributed by atoms with van der Waals surface area (Å²) in [6, 6.07) is 10.8. The Morgan fingerprint density at radius 1 is 1.08 bits per heavy atom. The zero-order valence-electron chi connectivity index (χ0n) is 13.0. The van der Waals surface area contributed by atoms with Crippen molar-refractivity contribution in [1.82, 2.24) is 0 Å². The van der Waals surface area contributed by atoms with Gasteiger partial charge in [-0.15, -0.1) is 0 Å². The topological polar surface area (TPSA) is 122 Å². The number of hydrogen-bond acceptors (Lipinski definition) is 6. The van der Waals surface area contributed by atoms with Gasteiger partial charge in [-0.2, -0.15) is 5.26 Å². The van der Waals surface area contributed by atoms with Gasteiger partial charge in [0.1, 0.15) is 0 Å². The van der Waals surface area contributed by atoms with E-state index in [1.54, 1.807) is 18.2 Å². The van der Waals surface area contributed by atoms with Gasteiger partial charge in [-0.3, -0.25) is 20.2 Å². The summed E-state index contributed by atoms with van der Waals surface area (Å²) in [5.74, 6) is 0.116. The van der Waals surface area contributed by atoms with Crippen molar-refractivity contribution in [2.45, 2.75) is 19.8 Å². The first-order valence-electron chi connectivity index (χ1n) is 7.08. The fraction of sp³-hybridized carbons (Fsp3) is 0.188. The van der Waals surface area contributed by atoms with Crippen LogP contribution in [0.15, 0.2) is 36.4 Å². The van der Waals surface area contributed by atoms with E-state index in [-0.39, 0.29) is 17.2 Å². The molecule has 0 unspecified atom stereocenters. The zero-order chi connectivity index (χ0) is 17.9. The second-order valence-corrected chi connectivity index (χ2v) is 5.38. The molecule has 0 atom stereocenters. The smallest absolute Gasteiger partial charge is 0.301 e. The Labute approximate surface area is 137 Å². The second kappa shape index (κ2) is 6.75. The van der Waals surface area contributed by atoms with Crippen LogP contribution in [-0.2, 0) is 0 Å². The lowest BCUT2D eigenvalue weighted by Crippen LogP contribution is -2.04. The van der Waals surface area contributed by atoms with Crippen LogP contribution >= 0.6 is 0 Å². The fourth-order valence-electron chi connectivity index (χ4n) is 2.34. The van der Waals surface area contributed by atoms with Crippen LogP contribution in [-0.4, -0.2) is 9.85 Å². The molecule has 0 aliphatic heterocycles. The fourth-order valence-corrected chi connectivity index (χ4v) is 2.34. The third-order valence-electron chi connectivity index (χ3n) is 3.46. The van der Waals surface area contributed by atoms with Gasteiger partial charge in [-0.05, 0) is 17.5 Å². The van der Waals surface area contributed by atoms with Gasteiger partial charge in [0.05, 0.1) is 21.5 Å². The van der Waals surface area contributed by atoms with Crippen molar-refractivity contribution in [3.05, 3.63) is 67.8 Å². The number of nitriles is 1. The maximum Gasteiger partial charge on any atom is 0.301 e. The molecule has 0 bridgehead atoms. The molecule has 2 rings (SSSR count). The average molecular weight is 326 g/mol. The molecule has 122 valence electrons. The van der Waals surface area contributed by atoms with E-state index in [1.165, 1.54) is 0 Å². The van der Waals surface area contributed by atoms with Crippen LogP contribution in [0.25, 0.3) is 0 Å². The van der Waals surface area contributed by atoms with Crippen molar-refractivity contribution in [3.8, 4) is 6.07 Å². The van der Waals surface area contributed by atoms with Gasteiger partial charge < -0.3 is 5.32 Å². The van der Waals surface area contributed by atoms with Crippen LogP contribution in [0.2, 0.25) is 0 Å². The Morgan fingerprint density at radius 2 is 1.62 bits per heavy atom. The number of anilines is 2. The molecule has 0 fully saturated rings. The van der Waals surface area contributed by atoms with Gasteiger partial charge in [-0.1, -0.05) is 32.0 Å². The molecule has 2 aromatic rings. The highest BCUT2D eigenvalue weighted by atomic mass is 16.6. The number of nitrogens with one attached hydrogen (secondary N) is 1. The molecule has 0 saturated carbocycles. The largest absolute Gasteiger partial charge is 0.344 e. The maximum absolute atomic E-state index is 11.3. The van der Waals surface area contributed by atoms with Gasteiger partial charge in [0.15, 0.2) is 5.69 Å². The van der Waals surface area contributed by atoms with Crippen molar-refractivity contribution in [1.29, 1.82) is 5.26 Å². The van der Waals surface area contributed by atoms with E-state index in [2.05, 4.69) is 5.32 Å². The van der Waals surface area contributed by atoms with E-state index in [4.69, 9.17) is 5.26 Å². The minimum Gasteiger partial charge on any atom is -0.344 e. The van der Waals surface area contributed by atoms with Crippen LogP contribution in [0.5, 0.6) is 0 Å². The van der Waals surface area contributed by atoms with Gasteiger partial charge in [0, 0.05) is 17.8 Å². The summed E-state index contributed by atoms with van der Waals surface area (Å²) in [5.41, 5.74) is 0.000626. The lowest BCUT2D eigenvalue weighted by atomic mass is 10.0. The maximum atomic E-state index is 11.3. The van der Waals surface area contributed by atoms with Crippen LogP contribution < -0.4 is 5.32 Å². The molecule has 0 aromatic heterocycles. The molecular formula is C16H14N4O4. The van der Waals surface area contributed by atoms with Crippen molar-refractivity contribution in [3.63, 3.8) is 0 Å². The molecular weight excluding hydrogens is 312 g/mol. The standard InChI is InChI=1S/C16H14N4O4/c1-10(2)12-5-3-4-6-13(12)18-16-14(19(21)22)7-11(9-17)8-15(16)20(23)24/h3-8,10,18H,1-2H3. The number of nitro benzene ring substituents is 2. The van der Waals surface area contributed by atoms with Crippen LogP contribution in [0.1, 0.15) is 30.9 Å². The third-order valence-corrected chi connectivity index (χ3v) is 3.46. The molecule has 0 aliphatic carbocycles. The van der Waals surface area contributed by atoms with Crippen molar-refractivity contribution in [2.24, 2.45) is 0 Å². The van der Waals surface area contributed by atoms with Gasteiger partial charge in [-0.25, -0.2) is 0 Å². The minimum atomic E-state index is -0.742. The molecule has 0 saturated heterocycles. The Bertz CT molecular complexity index is 820. The summed E-state index contributed by atoms with van der Waals surface area (Å²) < 4.78 is 0. The third kappa shape index (κ3) is 3.30. The molecule has 2 aromatic carbocycles. The highest BCUT2D eigenvalue weighted by Crippen LogP contribution is 2.39. The minimum absolute atomic E-state index is 0.116. The molecule has 1 N–H and O–H groups in total. The van der Waals surface area contributed by atoms with E-state index in [9.17, 15) is 20.2 Å². The molecule has 24 heavy (non-hydrogen) atoms. The summed E-state index contributed by atoms with van der Waals surface area (Å²) in [6.07, 6.45) is 0. The van der Waals surface area contributed by atoms with Crippen LogP contribution in [0, 0.1) is 31.6 Å². The molecule has 8 nitrogen and oxygen atoms in total. The van der Waals surface area contributed by atoms with Crippen molar-refractivity contribution in [2.75, 3.05) is 5.32 Å². The summed E-state index contributed by atoms with van der Waals surface area (Å²) in [5, 5.41) is 34.4. The Morgan fingerprint density at radius 3 is 2.08 bits per heavy atom. The highest BCUT2D eigenvalue weighted by molar-refractivity contribution is 5.81. The molecule has 0 spiro atoms. The predicted molar refractivity (Wildman–Crippen MR) is 88.3 cm³/mol. The number of para-hydroxylation sites is 1. The van der Waals surface area contributed by atoms with Crippen molar-refractivity contribution >= 4 is 22.7 Å². The average Bonchev–Trinajstić information content (AvgIpc) is 2.54. The second-order valence-electron chi connectivity index (χ2n) is 5.38. The van der Waals surface area contributed by atoms with Crippen molar-refractivity contribution < 1.29 is 9.85 Å². The van der Waals surface area contributed by atoms with Crippen LogP contribution in [0.3, 0.4) is 0 Å². The van der Waals surface area contributed by atoms with E-state index in [0.29, 0.717) is 5.69 Å². The van der Waals surface area contributed by atoms with Crippen LogP contribution in [0.4, 0.5) is 22.7 Å². The van der Waals surface area contributed by atoms with E-state index in [0.717, 1.165) is 17.7 Å². The monoisotopic (exact) mass is 326 g/mol. The first-order chi connectivity index (χ1) is 11.3. The Balaban J connectivity index is 2.68. The number of nitro groups is 2. The Hall–Kier alpha value is -3.47. The van der Waals surface area contributed by atoms with Gasteiger partial charge >= 0.3 is 11.4 Å². The number of nitrogens with zero attached hydrogens (tertiary/aromatic N) is 3. The first-order valence-corrected chi connectivity index (χ1v) is 7.08. The van der Waals surface area contributed by atoms with E-state index in [1.807, 2.05) is 26.0 Å². The van der Waals surface area contributed by atoms with E-state index >= 15 is 0 Å². The molecule has 0 aliphatic rings. The molecule has 0 heterocycles.